The molecule has 0 heterocycles. The number of rotatable bonds is 12. The van der Waals surface area contributed by atoms with E-state index in [9.17, 15) is 4.79 Å². The van der Waals surface area contributed by atoms with E-state index in [0.717, 1.165) is 25.9 Å². The molecule has 0 saturated heterocycles. The van der Waals surface area contributed by atoms with Gasteiger partial charge in [0, 0.05) is 13.5 Å². The van der Waals surface area contributed by atoms with Gasteiger partial charge in [0.1, 0.15) is 6.61 Å². The van der Waals surface area contributed by atoms with Crippen LogP contribution in [0.15, 0.2) is 84.0 Å². The minimum absolute atomic E-state index is 0.000205. The number of allylic oxidation sites excluding steroid dienone is 3. The Hall–Kier alpha value is -2.43. The van der Waals surface area contributed by atoms with E-state index < -0.39 is 8.32 Å². The van der Waals surface area contributed by atoms with Crippen LogP contribution in [0.25, 0.3) is 0 Å². The molecule has 0 fully saturated rings. The zero-order valence-electron chi connectivity index (χ0n) is 22.8. The first kappa shape index (κ1) is 28.8. The van der Waals surface area contributed by atoms with Crippen molar-refractivity contribution < 1.29 is 14.0 Å². The summed E-state index contributed by atoms with van der Waals surface area (Å²) in [5.74, 6) is 0.220. The molecule has 190 valence electrons. The lowest BCUT2D eigenvalue weighted by molar-refractivity contribution is -0.139. The summed E-state index contributed by atoms with van der Waals surface area (Å²) < 4.78 is 12.1. The van der Waals surface area contributed by atoms with Crippen LogP contribution in [0.5, 0.6) is 0 Å². The van der Waals surface area contributed by atoms with Crippen molar-refractivity contribution >= 4 is 24.7 Å². The van der Waals surface area contributed by atoms with E-state index in [1.165, 1.54) is 28.4 Å². The van der Waals surface area contributed by atoms with Crippen molar-refractivity contribution in [1.82, 2.24) is 0 Å². The molecule has 0 spiro atoms. The monoisotopic (exact) mass is 492 g/mol. The number of carbonyl (C=O) groups is 1. The van der Waals surface area contributed by atoms with Crippen molar-refractivity contribution in [2.75, 3.05) is 13.2 Å². The lowest BCUT2D eigenvalue weighted by Gasteiger charge is -2.43. The highest BCUT2D eigenvalue weighted by atomic mass is 28.4. The van der Waals surface area contributed by atoms with Crippen LogP contribution in [0.4, 0.5) is 0 Å². The highest BCUT2D eigenvalue weighted by Crippen LogP contribution is 2.37. The van der Waals surface area contributed by atoms with Crippen molar-refractivity contribution in [1.29, 1.82) is 0 Å². The van der Waals surface area contributed by atoms with Crippen LogP contribution in [0.2, 0.25) is 5.04 Å². The van der Waals surface area contributed by atoms with E-state index in [-0.39, 0.29) is 11.0 Å². The number of esters is 1. The lowest BCUT2D eigenvalue weighted by Crippen LogP contribution is -2.66. The first-order valence-electron chi connectivity index (χ1n) is 12.8. The fourth-order valence-electron chi connectivity index (χ4n) is 4.51. The Morgan fingerprint density at radius 3 is 1.94 bits per heavy atom. The van der Waals surface area contributed by atoms with E-state index in [1.807, 2.05) is 6.08 Å². The number of carbonyl (C=O) groups excluding carboxylic acids is 1. The lowest BCUT2D eigenvalue weighted by atomic mass is 9.97. The second-order valence-electron chi connectivity index (χ2n) is 10.5. The summed E-state index contributed by atoms with van der Waals surface area (Å²) in [6.45, 7) is 16.1. The van der Waals surface area contributed by atoms with E-state index in [0.29, 0.717) is 12.5 Å². The smallest absolute Gasteiger partial charge is 0.302 e. The summed E-state index contributed by atoms with van der Waals surface area (Å²) in [5, 5.41) is 2.66. The Kier molecular flexibility index (Phi) is 11.2. The Labute approximate surface area is 214 Å². The van der Waals surface area contributed by atoms with Gasteiger partial charge >= 0.3 is 5.97 Å². The van der Waals surface area contributed by atoms with Gasteiger partial charge in [-0.05, 0) is 60.5 Å². The molecular formula is C31H44O3Si. The average Bonchev–Trinajstić information content (AvgIpc) is 2.81. The fourth-order valence-corrected chi connectivity index (χ4v) is 9.09. The Morgan fingerprint density at radius 1 is 0.914 bits per heavy atom. The van der Waals surface area contributed by atoms with Gasteiger partial charge in [-0.25, -0.2) is 0 Å². The Bertz CT molecular complexity index is 932. The molecule has 0 aromatic heterocycles. The zero-order valence-corrected chi connectivity index (χ0v) is 23.8. The van der Waals surface area contributed by atoms with Crippen LogP contribution in [0.1, 0.15) is 67.7 Å². The molecule has 0 unspecified atom stereocenters. The predicted octanol–water partition coefficient (Wildman–Crippen LogP) is 6.83. The molecule has 3 nitrogen and oxygen atoms in total. The number of hydrogen-bond donors (Lipinski definition) is 0. The third-order valence-electron chi connectivity index (χ3n) is 6.79. The molecule has 0 radical (unpaired) electrons. The maximum atomic E-state index is 10.9. The molecule has 2 aromatic rings. The largest absolute Gasteiger partial charge is 0.462 e. The van der Waals surface area contributed by atoms with Crippen molar-refractivity contribution in [3.05, 3.63) is 84.0 Å². The molecular weight excluding hydrogens is 448 g/mol. The summed E-state index contributed by atoms with van der Waals surface area (Å²) in [6.07, 6.45) is 7.30. The molecule has 35 heavy (non-hydrogen) atoms. The minimum atomic E-state index is -2.47. The molecule has 0 aliphatic rings. The summed E-state index contributed by atoms with van der Waals surface area (Å²) in [5.41, 5.74) is 2.65. The highest BCUT2D eigenvalue weighted by molar-refractivity contribution is 6.99. The van der Waals surface area contributed by atoms with Crippen LogP contribution in [0.3, 0.4) is 0 Å². The molecule has 0 saturated carbocycles. The second kappa shape index (κ2) is 13.6. The maximum Gasteiger partial charge on any atom is 0.302 e. The van der Waals surface area contributed by atoms with E-state index >= 15 is 0 Å². The van der Waals surface area contributed by atoms with E-state index in [2.05, 4.69) is 108 Å². The normalized spacial score (nSPS) is 14.0. The van der Waals surface area contributed by atoms with Crippen molar-refractivity contribution in [3.63, 3.8) is 0 Å². The van der Waals surface area contributed by atoms with E-state index in [4.69, 9.17) is 9.16 Å². The van der Waals surface area contributed by atoms with Crippen LogP contribution < -0.4 is 10.4 Å². The highest BCUT2D eigenvalue weighted by Gasteiger charge is 2.49. The van der Waals surface area contributed by atoms with Crippen LogP contribution in [-0.4, -0.2) is 27.5 Å². The van der Waals surface area contributed by atoms with Crippen LogP contribution in [-0.2, 0) is 14.0 Å². The van der Waals surface area contributed by atoms with Crippen molar-refractivity contribution in [3.8, 4) is 0 Å². The second-order valence-corrected chi connectivity index (χ2v) is 14.8. The topological polar surface area (TPSA) is 35.5 Å². The first-order chi connectivity index (χ1) is 16.6. The SMILES string of the molecule is CC(=O)OC/C=C(\C)CC/C=C(\C)[C@@H](C)CCO[Si](c1ccccc1)(c1ccccc1)C(C)(C)C. The average molecular weight is 493 g/mol. The summed E-state index contributed by atoms with van der Waals surface area (Å²) >= 11 is 0. The molecule has 0 aliphatic heterocycles. The summed E-state index contributed by atoms with van der Waals surface area (Å²) in [4.78, 5) is 10.9. The molecule has 0 amide bonds. The molecule has 0 bridgehead atoms. The van der Waals surface area contributed by atoms with Gasteiger partial charge in [0.05, 0.1) is 0 Å². The van der Waals surface area contributed by atoms with Crippen LogP contribution in [0, 0.1) is 5.92 Å². The molecule has 1 atom stereocenters. The Balaban J connectivity index is 2.08. The van der Waals surface area contributed by atoms with Gasteiger partial charge in [0.25, 0.3) is 8.32 Å². The third kappa shape index (κ3) is 8.33. The van der Waals surface area contributed by atoms with Crippen molar-refractivity contribution in [2.45, 2.75) is 72.8 Å². The fraction of sp³-hybridized carbons (Fsp3) is 0.452. The van der Waals surface area contributed by atoms with Gasteiger partial charge in [-0.3, -0.25) is 4.79 Å². The molecule has 2 rings (SSSR count). The third-order valence-corrected chi connectivity index (χ3v) is 11.8. The van der Waals surface area contributed by atoms with Gasteiger partial charge < -0.3 is 9.16 Å². The quantitative estimate of drug-likeness (QED) is 0.185. The van der Waals surface area contributed by atoms with Gasteiger partial charge in [-0.15, -0.1) is 0 Å². The zero-order chi connectivity index (χ0) is 25.9. The minimum Gasteiger partial charge on any atom is -0.462 e. The molecule has 2 aromatic carbocycles. The molecule has 0 N–H and O–H groups in total. The van der Waals surface area contributed by atoms with Gasteiger partial charge in [-0.2, -0.15) is 0 Å². The number of hydrogen-bond acceptors (Lipinski definition) is 3. The van der Waals surface area contributed by atoms with Gasteiger partial charge in [0.15, 0.2) is 0 Å². The van der Waals surface area contributed by atoms with Crippen molar-refractivity contribution in [2.24, 2.45) is 5.92 Å². The maximum absolute atomic E-state index is 10.9. The molecule has 4 heteroatoms. The van der Waals surface area contributed by atoms with Gasteiger partial charge in [-0.1, -0.05) is 106 Å². The molecule has 0 aliphatic carbocycles. The number of benzene rings is 2. The Morgan fingerprint density at radius 2 is 1.46 bits per heavy atom. The number of ether oxygens (including phenoxy) is 1. The van der Waals surface area contributed by atoms with E-state index in [1.54, 1.807) is 0 Å². The van der Waals surface area contributed by atoms with Gasteiger partial charge in [0.2, 0.25) is 0 Å². The first-order valence-corrected chi connectivity index (χ1v) is 14.7. The summed E-state index contributed by atoms with van der Waals surface area (Å²) in [6, 6.07) is 21.7. The van der Waals surface area contributed by atoms with Crippen LogP contribution >= 0.6 is 0 Å². The standard InChI is InChI=1S/C31H44O3Si/c1-25(21-23-33-28(4)32)15-14-16-26(2)27(3)22-24-34-35(31(5,6)7,29-17-10-8-11-18-29)30-19-12-9-13-20-30/h8-13,16-21,27H,14-15,22-24H2,1-7H3/b25-21+,26-16+/t27-/m0/s1. The predicted molar refractivity (Wildman–Crippen MR) is 151 cm³/mol. The summed E-state index contributed by atoms with van der Waals surface area (Å²) in [7, 11) is -2.47.